The van der Waals surface area contributed by atoms with E-state index in [1.54, 1.807) is 0 Å². The molecule has 1 aromatic carbocycles. The Morgan fingerprint density at radius 3 is 2.44 bits per heavy atom. The first kappa shape index (κ1) is 13.6. The largest absolute Gasteiger partial charge is 0.329 e. The van der Waals surface area contributed by atoms with Crippen LogP contribution in [0.1, 0.15) is 25.3 Å². The average molecular weight is 265 g/mol. The monoisotopic (exact) mass is 264 g/mol. The zero-order chi connectivity index (χ0) is 13.0. The molecule has 0 bridgehead atoms. The van der Waals surface area contributed by atoms with Gasteiger partial charge in [0.25, 0.3) is 0 Å². The van der Waals surface area contributed by atoms with E-state index in [1.807, 2.05) is 12.1 Å². The van der Waals surface area contributed by atoms with Gasteiger partial charge in [-0.2, -0.15) is 0 Å². The molecule has 0 saturated carbocycles. The Bertz CT molecular complexity index is 405. The van der Waals surface area contributed by atoms with Gasteiger partial charge in [0.2, 0.25) is 0 Å². The third kappa shape index (κ3) is 3.58. The van der Waals surface area contributed by atoms with Gasteiger partial charge in [0.05, 0.1) is 0 Å². The Labute approximate surface area is 114 Å². The van der Waals surface area contributed by atoms with Gasteiger partial charge in [-0.05, 0) is 43.9 Å². The van der Waals surface area contributed by atoms with E-state index in [9.17, 15) is 0 Å². The quantitative estimate of drug-likeness (QED) is 0.803. The normalized spacial score (nSPS) is 19.1. The van der Waals surface area contributed by atoms with E-state index in [1.165, 1.54) is 5.56 Å². The van der Waals surface area contributed by atoms with Crippen molar-refractivity contribution in [2.24, 2.45) is 5.73 Å². The van der Waals surface area contributed by atoms with Crippen molar-refractivity contribution in [3.8, 4) is 0 Å². The summed E-state index contributed by atoms with van der Waals surface area (Å²) in [4.78, 5) is 0. The highest BCUT2D eigenvalue weighted by Gasteiger charge is 2.26. The van der Waals surface area contributed by atoms with Crippen LogP contribution in [0.25, 0.3) is 0 Å². The smallest absolute Gasteiger partial charge is 0.0406 e. The number of benzene rings is 1. The molecule has 3 N–H and O–H groups in total. The maximum absolute atomic E-state index is 5.95. The van der Waals surface area contributed by atoms with Gasteiger partial charge < -0.3 is 11.1 Å². The van der Waals surface area contributed by atoms with Gasteiger partial charge in [-0.15, -0.1) is 0 Å². The van der Waals surface area contributed by atoms with E-state index >= 15 is 0 Å². The zero-order valence-corrected chi connectivity index (χ0v) is 11.6. The van der Waals surface area contributed by atoms with Crippen LogP contribution in [0.2, 0.25) is 5.02 Å². The van der Waals surface area contributed by atoms with Crippen molar-refractivity contribution in [1.82, 2.24) is 5.32 Å². The lowest BCUT2D eigenvalue weighted by Crippen LogP contribution is -2.54. The molecule has 0 saturated heterocycles. The number of hydrogen-bond acceptors (Lipinski definition) is 2. The molecular formula is C15H21ClN2. The molecule has 3 heteroatoms. The van der Waals surface area contributed by atoms with Crippen LogP contribution in [-0.4, -0.2) is 18.1 Å². The Morgan fingerprint density at radius 1 is 1.28 bits per heavy atom. The number of nitrogens with two attached hydrogens (primary N) is 1. The summed E-state index contributed by atoms with van der Waals surface area (Å²) in [6, 6.07) is 8.55. The molecule has 0 radical (unpaired) electrons. The minimum absolute atomic E-state index is 0.0511. The van der Waals surface area contributed by atoms with Gasteiger partial charge in [-0.25, -0.2) is 0 Å². The summed E-state index contributed by atoms with van der Waals surface area (Å²) in [7, 11) is 0. The fourth-order valence-corrected chi connectivity index (χ4v) is 2.59. The van der Waals surface area contributed by atoms with E-state index in [-0.39, 0.29) is 5.54 Å². The highest BCUT2D eigenvalue weighted by Crippen LogP contribution is 2.19. The second-order valence-electron chi connectivity index (χ2n) is 5.35. The first-order valence-corrected chi connectivity index (χ1v) is 6.86. The summed E-state index contributed by atoms with van der Waals surface area (Å²) >= 11 is 5.91. The molecule has 2 nitrogen and oxygen atoms in total. The maximum Gasteiger partial charge on any atom is 0.0406 e. The summed E-state index contributed by atoms with van der Waals surface area (Å²) in [5.74, 6) is 0. The van der Waals surface area contributed by atoms with Gasteiger partial charge in [-0.1, -0.05) is 35.9 Å². The number of hydrogen-bond donors (Lipinski definition) is 2. The first-order chi connectivity index (χ1) is 8.61. The van der Waals surface area contributed by atoms with Crippen LogP contribution in [0, 0.1) is 0 Å². The highest BCUT2D eigenvalue weighted by molar-refractivity contribution is 6.30. The molecule has 0 fully saturated rings. The van der Waals surface area contributed by atoms with Crippen LogP contribution in [-0.2, 0) is 6.42 Å². The molecule has 0 amide bonds. The standard InChI is InChI=1S/C15H21ClN2/c1-15(11-17,18-14-4-2-3-5-14)10-12-6-8-13(16)9-7-12/h2-3,6-9,14,18H,4-5,10-11,17H2,1H3. The topological polar surface area (TPSA) is 38.0 Å². The van der Waals surface area contributed by atoms with Crippen molar-refractivity contribution in [1.29, 1.82) is 0 Å². The predicted molar refractivity (Wildman–Crippen MR) is 77.9 cm³/mol. The molecule has 1 aliphatic carbocycles. The van der Waals surface area contributed by atoms with Crippen molar-refractivity contribution in [3.05, 3.63) is 47.0 Å². The second kappa shape index (κ2) is 5.87. The fourth-order valence-electron chi connectivity index (χ4n) is 2.46. The Hall–Kier alpha value is -0.830. The van der Waals surface area contributed by atoms with E-state index < -0.39 is 0 Å². The van der Waals surface area contributed by atoms with Crippen molar-refractivity contribution >= 4 is 11.6 Å². The number of rotatable bonds is 5. The Morgan fingerprint density at radius 2 is 1.89 bits per heavy atom. The minimum Gasteiger partial charge on any atom is -0.329 e. The van der Waals surface area contributed by atoms with Crippen LogP contribution >= 0.6 is 11.6 Å². The lowest BCUT2D eigenvalue weighted by molar-refractivity contribution is 0.317. The van der Waals surface area contributed by atoms with E-state index in [0.717, 1.165) is 24.3 Å². The summed E-state index contributed by atoms with van der Waals surface area (Å²) < 4.78 is 0. The van der Waals surface area contributed by atoms with Gasteiger partial charge in [0.1, 0.15) is 0 Å². The molecule has 1 atom stereocenters. The summed E-state index contributed by atoms with van der Waals surface area (Å²) in [5, 5.41) is 4.46. The minimum atomic E-state index is -0.0511. The molecule has 0 heterocycles. The van der Waals surface area contributed by atoms with Crippen LogP contribution < -0.4 is 11.1 Å². The SMILES string of the molecule is CC(CN)(Cc1ccc(Cl)cc1)NC1CC=CC1. The second-order valence-corrected chi connectivity index (χ2v) is 5.79. The molecule has 1 aliphatic rings. The van der Waals surface area contributed by atoms with Gasteiger partial charge in [0.15, 0.2) is 0 Å². The number of halogens is 1. The molecular weight excluding hydrogens is 244 g/mol. The predicted octanol–water partition coefficient (Wildman–Crippen LogP) is 2.91. The van der Waals surface area contributed by atoms with Crippen molar-refractivity contribution in [2.75, 3.05) is 6.54 Å². The summed E-state index contributed by atoms with van der Waals surface area (Å²) in [6.07, 6.45) is 7.61. The Balaban J connectivity index is 2.00. The summed E-state index contributed by atoms with van der Waals surface area (Å²) in [6.45, 7) is 2.83. The van der Waals surface area contributed by atoms with Crippen LogP contribution in [0.5, 0.6) is 0 Å². The third-order valence-electron chi connectivity index (χ3n) is 3.52. The van der Waals surface area contributed by atoms with Crippen LogP contribution in [0.15, 0.2) is 36.4 Å². The average Bonchev–Trinajstić information content (AvgIpc) is 2.85. The molecule has 98 valence electrons. The van der Waals surface area contributed by atoms with Crippen LogP contribution in [0.3, 0.4) is 0 Å². The summed E-state index contributed by atoms with van der Waals surface area (Å²) in [5.41, 5.74) is 7.17. The first-order valence-electron chi connectivity index (χ1n) is 6.48. The highest BCUT2D eigenvalue weighted by atomic mass is 35.5. The molecule has 1 aromatic rings. The van der Waals surface area contributed by atoms with Crippen molar-refractivity contribution in [3.63, 3.8) is 0 Å². The molecule has 1 unspecified atom stereocenters. The van der Waals surface area contributed by atoms with Gasteiger partial charge in [0, 0.05) is 23.1 Å². The lowest BCUT2D eigenvalue weighted by Gasteiger charge is -2.33. The van der Waals surface area contributed by atoms with Crippen molar-refractivity contribution < 1.29 is 0 Å². The van der Waals surface area contributed by atoms with Crippen LogP contribution in [0.4, 0.5) is 0 Å². The fraction of sp³-hybridized carbons (Fsp3) is 0.467. The molecule has 0 spiro atoms. The maximum atomic E-state index is 5.95. The number of nitrogens with one attached hydrogen (secondary N) is 1. The molecule has 2 rings (SSSR count). The van der Waals surface area contributed by atoms with Crippen molar-refractivity contribution in [2.45, 2.75) is 37.8 Å². The molecule has 0 aliphatic heterocycles. The van der Waals surface area contributed by atoms with E-state index in [2.05, 4.69) is 36.5 Å². The lowest BCUT2D eigenvalue weighted by atomic mass is 9.91. The zero-order valence-electron chi connectivity index (χ0n) is 10.8. The van der Waals surface area contributed by atoms with Gasteiger partial charge >= 0.3 is 0 Å². The van der Waals surface area contributed by atoms with E-state index in [0.29, 0.717) is 12.6 Å². The van der Waals surface area contributed by atoms with E-state index in [4.69, 9.17) is 17.3 Å². The third-order valence-corrected chi connectivity index (χ3v) is 3.77. The molecule has 18 heavy (non-hydrogen) atoms. The Kier molecular flexibility index (Phi) is 4.44. The van der Waals surface area contributed by atoms with Gasteiger partial charge in [-0.3, -0.25) is 0 Å². The molecule has 0 aromatic heterocycles.